The highest BCUT2D eigenvalue weighted by atomic mass is 79.9. The number of para-hydroxylation sites is 1. The van der Waals surface area contributed by atoms with Crippen molar-refractivity contribution in [3.8, 4) is 0 Å². The van der Waals surface area contributed by atoms with Crippen LogP contribution >= 0.6 is 15.9 Å². The monoisotopic (exact) mass is 347 g/mol. The van der Waals surface area contributed by atoms with Gasteiger partial charge >= 0.3 is 0 Å². The van der Waals surface area contributed by atoms with Crippen LogP contribution < -0.4 is 10.6 Å². The maximum absolute atomic E-state index is 12.2. The number of benzene rings is 1. The van der Waals surface area contributed by atoms with E-state index < -0.39 is 0 Å². The fourth-order valence-corrected chi connectivity index (χ4v) is 2.39. The van der Waals surface area contributed by atoms with Gasteiger partial charge < -0.3 is 5.32 Å². The Kier molecular flexibility index (Phi) is 5.47. The van der Waals surface area contributed by atoms with Gasteiger partial charge in [-0.05, 0) is 59.6 Å². The number of halogens is 1. The number of pyridine rings is 1. The van der Waals surface area contributed by atoms with E-state index in [0.29, 0.717) is 0 Å². The Morgan fingerprint density at radius 3 is 2.48 bits per heavy atom. The Labute approximate surface area is 133 Å². The molecule has 1 heterocycles. The van der Waals surface area contributed by atoms with Crippen molar-refractivity contribution in [3.63, 3.8) is 0 Å². The molecule has 4 nitrogen and oxygen atoms in total. The Hall–Kier alpha value is -1.72. The fourth-order valence-electron chi connectivity index (χ4n) is 2.00. The van der Waals surface area contributed by atoms with Gasteiger partial charge in [-0.3, -0.25) is 15.1 Å². The van der Waals surface area contributed by atoms with Crippen LogP contribution in [0.3, 0.4) is 0 Å². The maximum atomic E-state index is 12.2. The summed E-state index contributed by atoms with van der Waals surface area (Å²) < 4.78 is 0.868. The third-order valence-electron chi connectivity index (χ3n) is 3.23. The molecule has 0 saturated heterocycles. The number of aromatic nitrogens is 1. The average Bonchev–Trinajstić information content (AvgIpc) is 2.50. The number of anilines is 1. The topological polar surface area (TPSA) is 54.0 Å². The van der Waals surface area contributed by atoms with E-state index in [1.54, 1.807) is 12.4 Å². The minimum Gasteiger partial charge on any atom is -0.324 e. The summed E-state index contributed by atoms with van der Waals surface area (Å²) in [5.74, 6) is -0.0668. The molecular weight excluding hydrogens is 330 g/mol. The lowest BCUT2D eigenvalue weighted by Crippen LogP contribution is -2.39. The van der Waals surface area contributed by atoms with Crippen LogP contribution in [0.5, 0.6) is 0 Å². The molecule has 21 heavy (non-hydrogen) atoms. The van der Waals surface area contributed by atoms with Crippen LogP contribution in [0.15, 0.2) is 53.3 Å². The van der Waals surface area contributed by atoms with E-state index in [1.165, 1.54) is 0 Å². The average molecular weight is 348 g/mol. The van der Waals surface area contributed by atoms with Gasteiger partial charge in [0.05, 0.1) is 11.7 Å². The van der Waals surface area contributed by atoms with Crippen LogP contribution in [-0.2, 0) is 4.79 Å². The summed E-state index contributed by atoms with van der Waals surface area (Å²) in [7, 11) is 0. The van der Waals surface area contributed by atoms with E-state index in [1.807, 2.05) is 50.2 Å². The van der Waals surface area contributed by atoms with Gasteiger partial charge in [0.15, 0.2) is 0 Å². The van der Waals surface area contributed by atoms with Crippen molar-refractivity contribution < 1.29 is 4.79 Å². The van der Waals surface area contributed by atoms with Gasteiger partial charge in [-0.2, -0.15) is 0 Å². The Morgan fingerprint density at radius 2 is 1.81 bits per heavy atom. The molecule has 0 aliphatic carbocycles. The minimum atomic E-state index is -0.305. The molecule has 1 aromatic carbocycles. The minimum absolute atomic E-state index is 0.0668. The number of carbonyl (C=O) groups is 1. The van der Waals surface area contributed by atoms with Gasteiger partial charge in [-0.25, -0.2) is 0 Å². The van der Waals surface area contributed by atoms with Gasteiger partial charge in [-0.1, -0.05) is 12.1 Å². The zero-order chi connectivity index (χ0) is 15.2. The molecule has 0 spiro atoms. The molecule has 0 aliphatic rings. The van der Waals surface area contributed by atoms with Crippen LogP contribution in [0, 0.1) is 0 Å². The van der Waals surface area contributed by atoms with Gasteiger partial charge in [0.25, 0.3) is 0 Å². The van der Waals surface area contributed by atoms with Crippen molar-refractivity contribution in [2.24, 2.45) is 0 Å². The summed E-state index contributed by atoms with van der Waals surface area (Å²) in [5, 5.41) is 6.19. The van der Waals surface area contributed by atoms with E-state index in [0.717, 1.165) is 15.7 Å². The first kappa shape index (κ1) is 15.7. The smallest absolute Gasteiger partial charge is 0.241 e. The number of carbonyl (C=O) groups excluding carboxylic acids is 1. The Bertz CT molecular complexity index is 603. The first-order chi connectivity index (χ1) is 10.1. The van der Waals surface area contributed by atoms with Crippen molar-refractivity contribution >= 4 is 27.5 Å². The second-order valence-corrected chi connectivity index (χ2v) is 5.71. The molecule has 0 aliphatic heterocycles. The van der Waals surface area contributed by atoms with E-state index in [9.17, 15) is 4.79 Å². The summed E-state index contributed by atoms with van der Waals surface area (Å²) in [6.45, 7) is 3.88. The van der Waals surface area contributed by atoms with Crippen molar-refractivity contribution in [2.75, 3.05) is 5.32 Å². The summed E-state index contributed by atoms with van der Waals surface area (Å²) in [6, 6.07) is 11.2. The van der Waals surface area contributed by atoms with Gasteiger partial charge in [0.1, 0.15) is 0 Å². The molecule has 110 valence electrons. The summed E-state index contributed by atoms with van der Waals surface area (Å²) >= 11 is 3.42. The lowest BCUT2D eigenvalue weighted by molar-refractivity contribution is -0.117. The molecule has 2 aromatic rings. The summed E-state index contributed by atoms with van der Waals surface area (Å²) in [6.07, 6.45) is 3.50. The van der Waals surface area contributed by atoms with Crippen molar-refractivity contribution in [2.45, 2.75) is 25.9 Å². The standard InChI is InChI=1S/C16H18BrN3O/c1-11(13-7-9-18-10-8-13)19-12(2)16(21)20-15-6-4-3-5-14(15)17/h3-12,19H,1-2H3,(H,20,21). The number of rotatable bonds is 5. The highest BCUT2D eigenvalue weighted by Gasteiger charge is 2.16. The van der Waals surface area contributed by atoms with E-state index in [-0.39, 0.29) is 18.0 Å². The lowest BCUT2D eigenvalue weighted by atomic mass is 10.1. The normalized spacial score (nSPS) is 13.5. The number of amides is 1. The van der Waals surface area contributed by atoms with Crippen LogP contribution in [0.25, 0.3) is 0 Å². The number of nitrogens with one attached hydrogen (secondary N) is 2. The highest BCUT2D eigenvalue weighted by Crippen LogP contribution is 2.21. The molecule has 1 aromatic heterocycles. The van der Waals surface area contributed by atoms with E-state index in [2.05, 4.69) is 31.5 Å². The zero-order valence-electron chi connectivity index (χ0n) is 12.0. The van der Waals surface area contributed by atoms with Crippen LogP contribution in [0.2, 0.25) is 0 Å². The van der Waals surface area contributed by atoms with Crippen LogP contribution in [0.4, 0.5) is 5.69 Å². The SMILES string of the molecule is CC(NC(C)c1ccncc1)C(=O)Nc1ccccc1Br. The number of hydrogen-bond acceptors (Lipinski definition) is 3. The first-order valence-corrected chi connectivity index (χ1v) is 7.58. The zero-order valence-corrected chi connectivity index (χ0v) is 13.6. The fraction of sp³-hybridized carbons (Fsp3) is 0.250. The van der Waals surface area contributed by atoms with Crippen LogP contribution in [0.1, 0.15) is 25.5 Å². The van der Waals surface area contributed by atoms with Crippen molar-refractivity contribution in [1.82, 2.24) is 10.3 Å². The summed E-state index contributed by atoms with van der Waals surface area (Å²) in [4.78, 5) is 16.2. The van der Waals surface area contributed by atoms with E-state index >= 15 is 0 Å². The molecule has 2 rings (SSSR count). The first-order valence-electron chi connectivity index (χ1n) is 6.79. The molecule has 2 unspecified atom stereocenters. The van der Waals surface area contributed by atoms with Crippen molar-refractivity contribution in [3.05, 3.63) is 58.8 Å². The number of nitrogens with zero attached hydrogens (tertiary/aromatic N) is 1. The second-order valence-electron chi connectivity index (χ2n) is 4.86. The quantitative estimate of drug-likeness (QED) is 0.869. The maximum Gasteiger partial charge on any atom is 0.241 e. The molecule has 1 amide bonds. The molecule has 2 N–H and O–H groups in total. The predicted octanol–water partition coefficient (Wildman–Crippen LogP) is 3.52. The third-order valence-corrected chi connectivity index (χ3v) is 3.92. The molecular formula is C16H18BrN3O. The highest BCUT2D eigenvalue weighted by molar-refractivity contribution is 9.10. The molecule has 2 atom stereocenters. The predicted molar refractivity (Wildman–Crippen MR) is 88.0 cm³/mol. The van der Waals surface area contributed by atoms with Crippen LogP contribution in [-0.4, -0.2) is 16.9 Å². The van der Waals surface area contributed by atoms with Gasteiger partial charge in [0, 0.05) is 22.9 Å². The Balaban J connectivity index is 1.95. The Morgan fingerprint density at radius 1 is 1.14 bits per heavy atom. The largest absolute Gasteiger partial charge is 0.324 e. The molecule has 0 bridgehead atoms. The molecule has 0 fully saturated rings. The number of hydrogen-bond donors (Lipinski definition) is 2. The molecule has 5 heteroatoms. The summed E-state index contributed by atoms with van der Waals surface area (Å²) in [5.41, 5.74) is 1.87. The lowest BCUT2D eigenvalue weighted by Gasteiger charge is -2.20. The van der Waals surface area contributed by atoms with Gasteiger partial charge in [-0.15, -0.1) is 0 Å². The van der Waals surface area contributed by atoms with Crippen molar-refractivity contribution in [1.29, 1.82) is 0 Å². The third kappa shape index (κ3) is 4.37. The molecule has 0 saturated carbocycles. The second kappa shape index (κ2) is 7.33. The van der Waals surface area contributed by atoms with E-state index in [4.69, 9.17) is 0 Å². The molecule has 0 radical (unpaired) electrons. The van der Waals surface area contributed by atoms with Gasteiger partial charge in [0.2, 0.25) is 5.91 Å².